The standard InChI is InChI=1S/C10H19N5O/c1-3-7-9(12)10(15(2)14-7)13-6-4-5-8(11)16/h13H,3-6,12H2,1-2H3,(H2,11,16). The summed E-state index contributed by atoms with van der Waals surface area (Å²) in [6.45, 7) is 2.67. The van der Waals surface area contributed by atoms with E-state index in [9.17, 15) is 4.79 Å². The maximum atomic E-state index is 10.5. The number of primary amides is 1. The van der Waals surface area contributed by atoms with Crippen molar-refractivity contribution in [3.05, 3.63) is 5.69 Å². The predicted molar refractivity (Wildman–Crippen MR) is 63.9 cm³/mol. The Kier molecular flexibility index (Phi) is 4.16. The Morgan fingerprint density at radius 3 is 2.75 bits per heavy atom. The van der Waals surface area contributed by atoms with Crippen molar-refractivity contribution < 1.29 is 4.79 Å². The first-order valence-corrected chi connectivity index (χ1v) is 5.39. The Labute approximate surface area is 95.0 Å². The van der Waals surface area contributed by atoms with Crippen LogP contribution in [0.2, 0.25) is 0 Å². The van der Waals surface area contributed by atoms with Gasteiger partial charge in [0.25, 0.3) is 0 Å². The molecule has 0 aliphatic carbocycles. The third-order valence-corrected chi connectivity index (χ3v) is 2.39. The molecule has 1 heterocycles. The summed E-state index contributed by atoms with van der Waals surface area (Å²) < 4.78 is 1.72. The van der Waals surface area contributed by atoms with Gasteiger partial charge in [0.1, 0.15) is 5.82 Å². The molecular formula is C10H19N5O. The summed E-state index contributed by atoms with van der Waals surface area (Å²) in [6, 6.07) is 0. The number of nitrogens with two attached hydrogens (primary N) is 2. The lowest BCUT2D eigenvalue weighted by Crippen LogP contribution is -2.14. The van der Waals surface area contributed by atoms with Gasteiger partial charge in [-0.2, -0.15) is 5.10 Å². The maximum absolute atomic E-state index is 10.5. The minimum atomic E-state index is -0.283. The number of aromatic nitrogens is 2. The summed E-state index contributed by atoms with van der Waals surface area (Å²) in [4.78, 5) is 10.5. The first-order valence-electron chi connectivity index (χ1n) is 5.39. The highest BCUT2D eigenvalue weighted by Crippen LogP contribution is 2.21. The Hall–Kier alpha value is -1.72. The molecule has 0 bridgehead atoms. The molecule has 0 atom stereocenters. The number of hydrogen-bond acceptors (Lipinski definition) is 4. The molecule has 90 valence electrons. The fourth-order valence-electron chi connectivity index (χ4n) is 1.54. The van der Waals surface area contributed by atoms with Crippen molar-refractivity contribution in [3.8, 4) is 0 Å². The van der Waals surface area contributed by atoms with E-state index in [0.717, 1.165) is 17.9 Å². The number of anilines is 2. The lowest BCUT2D eigenvalue weighted by atomic mass is 10.3. The Balaban J connectivity index is 2.53. The molecule has 0 saturated carbocycles. The van der Waals surface area contributed by atoms with E-state index in [2.05, 4.69) is 10.4 Å². The van der Waals surface area contributed by atoms with Gasteiger partial charge in [0, 0.05) is 20.0 Å². The van der Waals surface area contributed by atoms with Gasteiger partial charge in [-0.15, -0.1) is 0 Å². The van der Waals surface area contributed by atoms with Gasteiger partial charge >= 0.3 is 0 Å². The third-order valence-electron chi connectivity index (χ3n) is 2.39. The highest BCUT2D eigenvalue weighted by molar-refractivity contribution is 5.73. The van der Waals surface area contributed by atoms with E-state index in [1.807, 2.05) is 14.0 Å². The molecule has 16 heavy (non-hydrogen) atoms. The van der Waals surface area contributed by atoms with Crippen LogP contribution in [0.15, 0.2) is 0 Å². The number of nitrogen functional groups attached to an aromatic ring is 1. The minimum absolute atomic E-state index is 0.283. The van der Waals surface area contributed by atoms with Crippen molar-refractivity contribution in [2.24, 2.45) is 12.8 Å². The van der Waals surface area contributed by atoms with Crippen LogP contribution in [0, 0.1) is 0 Å². The van der Waals surface area contributed by atoms with Crippen molar-refractivity contribution in [1.29, 1.82) is 0 Å². The number of amides is 1. The minimum Gasteiger partial charge on any atom is -0.394 e. The van der Waals surface area contributed by atoms with Crippen LogP contribution in [0.4, 0.5) is 11.5 Å². The quantitative estimate of drug-likeness (QED) is 0.604. The summed E-state index contributed by atoms with van der Waals surface area (Å²) >= 11 is 0. The summed E-state index contributed by atoms with van der Waals surface area (Å²) in [5.74, 6) is 0.523. The number of carbonyl (C=O) groups excluding carboxylic acids is 1. The summed E-state index contributed by atoms with van der Waals surface area (Å²) in [6.07, 6.45) is 1.88. The van der Waals surface area contributed by atoms with E-state index < -0.39 is 0 Å². The lowest BCUT2D eigenvalue weighted by Gasteiger charge is -2.06. The van der Waals surface area contributed by atoms with Crippen molar-refractivity contribution in [1.82, 2.24) is 9.78 Å². The number of nitrogens with one attached hydrogen (secondary N) is 1. The van der Waals surface area contributed by atoms with Gasteiger partial charge in [0.2, 0.25) is 5.91 Å². The monoisotopic (exact) mass is 225 g/mol. The molecule has 0 unspecified atom stereocenters. The molecule has 5 N–H and O–H groups in total. The van der Waals surface area contributed by atoms with E-state index in [1.165, 1.54) is 0 Å². The molecule has 1 aromatic rings. The lowest BCUT2D eigenvalue weighted by molar-refractivity contribution is -0.118. The zero-order valence-electron chi connectivity index (χ0n) is 9.79. The molecule has 0 aliphatic heterocycles. The Morgan fingerprint density at radius 2 is 2.25 bits per heavy atom. The molecule has 1 aromatic heterocycles. The van der Waals surface area contributed by atoms with E-state index in [0.29, 0.717) is 25.1 Å². The molecular weight excluding hydrogens is 206 g/mol. The van der Waals surface area contributed by atoms with E-state index >= 15 is 0 Å². The van der Waals surface area contributed by atoms with Crippen LogP contribution in [0.5, 0.6) is 0 Å². The van der Waals surface area contributed by atoms with Gasteiger partial charge in [-0.25, -0.2) is 0 Å². The van der Waals surface area contributed by atoms with E-state index in [-0.39, 0.29) is 5.91 Å². The normalized spacial score (nSPS) is 10.4. The van der Waals surface area contributed by atoms with Crippen molar-refractivity contribution >= 4 is 17.4 Å². The van der Waals surface area contributed by atoms with Crippen LogP contribution in [-0.2, 0) is 18.3 Å². The van der Waals surface area contributed by atoms with Crippen LogP contribution in [0.1, 0.15) is 25.5 Å². The molecule has 0 spiro atoms. The van der Waals surface area contributed by atoms with Gasteiger partial charge in [0.05, 0.1) is 11.4 Å². The summed E-state index contributed by atoms with van der Waals surface area (Å²) in [5.41, 5.74) is 12.5. The van der Waals surface area contributed by atoms with Gasteiger partial charge in [-0.1, -0.05) is 6.92 Å². The molecule has 0 aromatic carbocycles. The second kappa shape index (κ2) is 5.39. The first-order chi connectivity index (χ1) is 7.56. The second-order valence-electron chi connectivity index (χ2n) is 3.68. The highest BCUT2D eigenvalue weighted by Gasteiger charge is 2.10. The number of nitrogens with zero attached hydrogens (tertiary/aromatic N) is 2. The Bertz CT molecular complexity index is 372. The van der Waals surface area contributed by atoms with Gasteiger partial charge < -0.3 is 16.8 Å². The second-order valence-corrected chi connectivity index (χ2v) is 3.68. The first kappa shape index (κ1) is 12.4. The number of rotatable bonds is 6. The van der Waals surface area contributed by atoms with Gasteiger partial charge in [0.15, 0.2) is 0 Å². The largest absolute Gasteiger partial charge is 0.394 e. The molecule has 0 aliphatic rings. The SMILES string of the molecule is CCc1nn(C)c(NCCCC(N)=O)c1N. The average molecular weight is 225 g/mol. The molecule has 6 heteroatoms. The van der Waals surface area contributed by atoms with Crippen molar-refractivity contribution in [2.75, 3.05) is 17.6 Å². The number of aryl methyl sites for hydroxylation is 2. The van der Waals surface area contributed by atoms with Crippen LogP contribution < -0.4 is 16.8 Å². The van der Waals surface area contributed by atoms with E-state index in [1.54, 1.807) is 4.68 Å². The van der Waals surface area contributed by atoms with Gasteiger partial charge in [-0.05, 0) is 12.8 Å². The molecule has 0 saturated heterocycles. The number of carbonyl (C=O) groups is 1. The van der Waals surface area contributed by atoms with Crippen LogP contribution >= 0.6 is 0 Å². The summed E-state index contributed by atoms with van der Waals surface area (Å²) in [5, 5.41) is 7.44. The van der Waals surface area contributed by atoms with Crippen molar-refractivity contribution in [2.45, 2.75) is 26.2 Å². The summed E-state index contributed by atoms with van der Waals surface area (Å²) in [7, 11) is 1.84. The molecule has 1 rings (SSSR count). The van der Waals surface area contributed by atoms with E-state index in [4.69, 9.17) is 11.5 Å². The average Bonchev–Trinajstić information content (AvgIpc) is 2.50. The molecule has 1 amide bonds. The zero-order valence-corrected chi connectivity index (χ0v) is 9.79. The third kappa shape index (κ3) is 2.88. The highest BCUT2D eigenvalue weighted by atomic mass is 16.1. The number of hydrogen-bond donors (Lipinski definition) is 3. The van der Waals surface area contributed by atoms with Crippen molar-refractivity contribution in [3.63, 3.8) is 0 Å². The smallest absolute Gasteiger partial charge is 0.217 e. The topological polar surface area (TPSA) is 99.0 Å². The fraction of sp³-hybridized carbons (Fsp3) is 0.600. The maximum Gasteiger partial charge on any atom is 0.217 e. The fourth-order valence-corrected chi connectivity index (χ4v) is 1.54. The van der Waals surface area contributed by atoms with Gasteiger partial charge in [-0.3, -0.25) is 9.48 Å². The van der Waals surface area contributed by atoms with Crippen LogP contribution in [-0.4, -0.2) is 22.2 Å². The van der Waals surface area contributed by atoms with Crippen LogP contribution in [0.3, 0.4) is 0 Å². The zero-order chi connectivity index (χ0) is 12.1. The van der Waals surface area contributed by atoms with Crippen LogP contribution in [0.25, 0.3) is 0 Å². The Morgan fingerprint density at radius 1 is 1.56 bits per heavy atom. The molecule has 0 fully saturated rings. The predicted octanol–water partition coefficient (Wildman–Crippen LogP) is 0.242. The molecule has 0 radical (unpaired) electrons. The molecule has 6 nitrogen and oxygen atoms in total.